The topological polar surface area (TPSA) is 49.4 Å². The standard InChI is InChI=1S/C22H27ClN2O2/c1-4-20(22(27)24-5-2)25(15-18-12-7-6-10-16(18)3)21(26)14-17-11-8-9-13-19(17)23/h6-13,20H,4-5,14-15H2,1-3H3,(H,24,27)/t20-/m0/s1. The van der Waals surface area contributed by atoms with E-state index in [-0.39, 0.29) is 18.2 Å². The molecular formula is C22H27ClN2O2. The lowest BCUT2D eigenvalue weighted by Gasteiger charge is -2.31. The number of amides is 2. The molecule has 2 amide bonds. The second-order valence-corrected chi connectivity index (χ2v) is 6.94. The molecule has 0 aliphatic rings. The van der Waals surface area contributed by atoms with Gasteiger partial charge in [0.05, 0.1) is 6.42 Å². The van der Waals surface area contributed by atoms with Crippen LogP contribution >= 0.6 is 11.6 Å². The fraction of sp³-hybridized carbons (Fsp3) is 0.364. The first-order valence-corrected chi connectivity index (χ1v) is 9.70. The van der Waals surface area contributed by atoms with Gasteiger partial charge in [-0.3, -0.25) is 9.59 Å². The summed E-state index contributed by atoms with van der Waals surface area (Å²) in [5.74, 6) is -0.231. The van der Waals surface area contributed by atoms with Crippen molar-refractivity contribution in [3.8, 4) is 0 Å². The molecule has 2 aromatic rings. The number of likely N-dealkylation sites (N-methyl/N-ethyl adjacent to an activating group) is 1. The summed E-state index contributed by atoms with van der Waals surface area (Å²) in [5.41, 5.74) is 2.90. The molecule has 4 nitrogen and oxygen atoms in total. The first-order valence-electron chi connectivity index (χ1n) is 9.33. The van der Waals surface area contributed by atoms with E-state index in [1.807, 2.05) is 63.2 Å². The van der Waals surface area contributed by atoms with Gasteiger partial charge in [-0.1, -0.05) is 61.0 Å². The molecule has 0 bridgehead atoms. The maximum absolute atomic E-state index is 13.2. The highest BCUT2D eigenvalue weighted by atomic mass is 35.5. The summed E-state index contributed by atoms with van der Waals surface area (Å²) in [6.45, 7) is 6.74. The normalized spacial score (nSPS) is 11.7. The van der Waals surface area contributed by atoms with E-state index in [1.165, 1.54) is 0 Å². The Morgan fingerprint density at radius 2 is 1.67 bits per heavy atom. The van der Waals surface area contributed by atoms with Crippen LogP contribution in [0.2, 0.25) is 5.02 Å². The molecule has 0 saturated carbocycles. The average molecular weight is 387 g/mol. The number of hydrogen-bond acceptors (Lipinski definition) is 2. The van der Waals surface area contributed by atoms with E-state index in [2.05, 4.69) is 5.32 Å². The third kappa shape index (κ3) is 5.57. The molecule has 0 aliphatic heterocycles. The van der Waals surface area contributed by atoms with Gasteiger partial charge >= 0.3 is 0 Å². The molecule has 0 unspecified atom stereocenters. The number of benzene rings is 2. The zero-order chi connectivity index (χ0) is 19.8. The van der Waals surface area contributed by atoms with E-state index in [0.717, 1.165) is 16.7 Å². The van der Waals surface area contributed by atoms with Gasteiger partial charge in [0.2, 0.25) is 11.8 Å². The maximum atomic E-state index is 13.2. The van der Waals surface area contributed by atoms with Crippen molar-refractivity contribution in [1.29, 1.82) is 0 Å². The van der Waals surface area contributed by atoms with Crippen molar-refractivity contribution in [1.82, 2.24) is 10.2 Å². The Morgan fingerprint density at radius 1 is 1.04 bits per heavy atom. The van der Waals surface area contributed by atoms with Crippen molar-refractivity contribution in [3.05, 3.63) is 70.2 Å². The zero-order valence-electron chi connectivity index (χ0n) is 16.2. The molecule has 144 valence electrons. The van der Waals surface area contributed by atoms with Gasteiger partial charge in [0.1, 0.15) is 6.04 Å². The van der Waals surface area contributed by atoms with Crippen molar-refractivity contribution in [2.75, 3.05) is 6.54 Å². The Labute approximate surface area is 166 Å². The van der Waals surface area contributed by atoms with Crippen molar-refractivity contribution < 1.29 is 9.59 Å². The van der Waals surface area contributed by atoms with Gasteiger partial charge in [0.15, 0.2) is 0 Å². The van der Waals surface area contributed by atoms with Gasteiger partial charge in [0, 0.05) is 18.1 Å². The molecule has 1 N–H and O–H groups in total. The molecule has 0 fully saturated rings. The lowest BCUT2D eigenvalue weighted by Crippen LogP contribution is -2.49. The summed E-state index contributed by atoms with van der Waals surface area (Å²) in [5, 5.41) is 3.41. The number of carbonyl (C=O) groups excluding carboxylic acids is 2. The lowest BCUT2D eigenvalue weighted by molar-refractivity contribution is -0.140. The maximum Gasteiger partial charge on any atom is 0.242 e. The lowest BCUT2D eigenvalue weighted by atomic mass is 10.0. The molecule has 27 heavy (non-hydrogen) atoms. The molecule has 0 aromatic heterocycles. The van der Waals surface area contributed by atoms with Gasteiger partial charge in [0.25, 0.3) is 0 Å². The van der Waals surface area contributed by atoms with Crippen molar-refractivity contribution in [2.24, 2.45) is 0 Å². The Hall–Kier alpha value is -2.33. The summed E-state index contributed by atoms with van der Waals surface area (Å²) in [6.07, 6.45) is 0.716. The summed E-state index contributed by atoms with van der Waals surface area (Å²) in [4.78, 5) is 27.4. The van der Waals surface area contributed by atoms with E-state index < -0.39 is 6.04 Å². The SMILES string of the molecule is CCNC(=O)[C@H](CC)N(Cc1ccccc1C)C(=O)Cc1ccccc1Cl. The highest BCUT2D eigenvalue weighted by molar-refractivity contribution is 6.31. The molecule has 0 saturated heterocycles. The highest BCUT2D eigenvalue weighted by Gasteiger charge is 2.28. The van der Waals surface area contributed by atoms with Crippen molar-refractivity contribution in [2.45, 2.75) is 46.2 Å². The molecule has 0 radical (unpaired) electrons. The Morgan fingerprint density at radius 3 is 2.26 bits per heavy atom. The Bertz CT molecular complexity index is 791. The molecular weight excluding hydrogens is 360 g/mol. The quantitative estimate of drug-likeness (QED) is 0.741. The number of halogens is 1. The average Bonchev–Trinajstić information content (AvgIpc) is 2.65. The molecule has 0 spiro atoms. The minimum atomic E-state index is -0.514. The fourth-order valence-electron chi connectivity index (χ4n) is 3.09. The summed E-state index contributed by atoms with van der Waals surface area (Å²) >= 11 is 6.23. The predicted molar refractivity (Wildman–Crippen MR) is 110 cm³/mol. The molecule has 1 atom stereocenters. The monoisotopic (exact) mass is 386 g/mol. The van der Waals surface area contributed by atoms with Crippen LogP contribution < -0.4 is 5.32 Å². The number of nitrogens with one attached hydrogen (secondary N) is 1. The van der Waals surface area contributed by atoms with Crippen LogP contribution in [0.1, 0.15) is 37.0 Å². The number of nitrogens with zero attached hydrogens (tertiary/aromatic N) is 1. The van der Waals surface area contributed by atoms with Crippen LogP contribution in [0, 0.1) is 6.92 Å². The highest BCUT2D eigenvalue weighted by Crippen LogP contribution is 2.20. The van der Waals surface area contributed by atoms with Crippen molar-refractivity contribution in [3.63, 3.8) is 0 Å². The van der Waals surface area contributed by atoms with Crippen molar-refractivity contribution >= 4 is 23.4 Å². The number of carbonyl (C=O) groups is 2. The van der Waals surface area contributed by atoms with Gasteiger partial charge in [-0.05, 0) is 43.0 Å². The van der Waals surface area contributed by atoms with E-state index in [0.29, 0.717) is 24.5 Å². The third-order valence-corrected chi connectivity index (χ3v) is 5.01. The first-order chi connectivity index (χ1) is 13.0. The zero-order valence-corrected chi connectivity index (χ0v) is 16.9. The number of rotatable bonds is 8. The first kappa shape index (κ1) is 21.0. The molecule has 5 heteroatoms. The largest absolute Gasteiger partial charge is 0.355 e. The van der Waals surface area contributed by atoms with Crippen LogP contribution in [0.5, 0.6) is 0 Å². The van der Waals surface area contributed by atoms with Crippen LogP contribution in [-0.2, 0) is 22.6 Å². The minimum Gasteiger partial charge on any atom is -0.355 e. The number of aryl methyl sites for hydroxylation is 1. The summed E-state index contributed by atoms with van der Waals surface area (Å²) < 4.78 is 0. The Balaban J connectivity index is 2.32. The Kier molecular flexibility index (Phi) is 7.86. The molecule has 2 aromatic carbocycles. The summed E-state index contributed by atoms with van der Waals surface area (Å²) in [6, 6.07) is 14.7. The summed E-state index contributed by atoms with van der Waals surface area (Å²) in [7, 11) is 0. The number of hydrogen-bond donors (Lipinski definition) is 1. The second-order valence-electron chi connectivity index (χ2n) is 6.53. The van der Waals surface area contributed by atoms with Gasteiger partial charge in [-0.15, -0.1) is 0 Å². The van der Waals surface area contributed by atoms with E-state index in [9.17, 15) is 9.59 Å². The second kappa shape index (κ2) is 10.1. The van der Waals surface area contributed by atoms with Crippen LogP contribution in [0.15, 0.2) is 48.5 Å². The minimum absolute atomic E-state index is 0.107. The van der Waals surface area contributed by atoms with Gasteiger partial charge < -0.3 is 10.2 Å². The van der Waals surface area contributed by atoms with E-state index in [4.69, 9.17) is 11.6 Å². The predicted octanol–water partition coefficient (Wildman–Crippen LogP) is 4.13. The van der Waals surface area contributed by atoms with Crippen LogP contribution in [-0.4, -0.2) is 29.3 Å². The molecule has 2 rings (SSSR count). The van der Waals surface area contributed by atoms with Crippen LogP contribution in [0.25, 0.3) is 0 Å². The van der Waals surface area contributed by atoms with Crippen LogP contribution in [0.4, 0.5) is 0 Å². The molecule has 0 aliphatic carbocycles. The van der Waals surface area contributed by atoms with E-state index >= 15 is 0 Å². The third-order valence-electron chi connectivity index (χ3n) is 4.64. The van der Waals surface area contributed by atoms with Crippen LogP contribution in [0.3, 0.4) is 0 Å². The smallest absolute Gasteiger partial charge is 0.242 e. The molecule has 0 heterocycles. The fourth-order valence-corrected chi connectivity index (χ4v) is 3.29. The van der Waals surface area contributed by atoms with E-state index in [1.54, 1.807) is 11.0 Å². The van der Waals surface area contributed by atoms with Gasteiger partial charge in [-0.2, -0.15) is 0 Å². The van der Waals surface area contributed by atoms with Gasteiger partial charge in [-0.25, -0.2) is 0 Å².